The Kier molecular flexibility index (Phi) is 4.57. The molecule has 1 fully saturated rings. The molecule has 136 valence electrons. The van der Waals surface area contributed by atoms with E-state index in [1.54, 1.807) is 6.33 Å². The Balaban J connectivity index is 1.73. The molecule has 3 heterocycles. The SMILES string of the molecule is CCOc1ccccc1Nc1nc(O)nc2c1ncn2C1CCCCO1. The van der Waals surface area contributed by atoms with Crippen LogP contribution in [0.4, 0.5) is 11.5 Å². The second-order valence-electron chi connectivity index (χ2n) is 6.07. The third kappa shape index (κ3) is 3.15. The van der Waals surface area contributed by atoms with Gasteiger partial charge >= 0.3 is 6.01 Å². The first kappa shape index (κ1) is 16.6. The molecule has 0 saturated carbocycles. The van der Waals surface area contributed by atoms with Crippen LogP contribution < -0.4 is 10.1 Å². The van der Waals surface area contributed by atoms with Crippen molar-refractivity contribution < 1.29 is 14.6 Å². The van der Waals surface area contributed by atoms with Crippen LogP contribution in [0, 0.1) is 0 Å². The van der Waals surface area contributed by atoms with Crippen molar-refractivity contribution in [3.8, 4) is 11.8 Å². The standard InChI is InChI=1S/C18H21N5O3/c1-2-25-13-8-4-3-7-12(13)20-16-15-17(22-18(24)21-16)23(11-19-15)14-9-5-6-10-26-14/h3-4,7-8,11,14H,2,5-6,9-10H2,1H3,(H2,20,21,22,24). The monoisotopic (exact) mass is 355 g/mol. The summed E-state index contributed by atoms with van der Waals surface area (Å²) < 4.78 is 13.3. The van der Waals surface area contributed by atoms with E-state index in [4.69, 9.17) is 9.47 Å². The number of para-hydroxylation sites is 2. The number of rotatable bonds is 5. The average Bonchev–Trinajstić information content (AvgIpc) is 3.08. The molecule has 1 atom stereocenters. The van der Waals surface area contributed by atoms with Crippen molar-refractivity contribution in [3.05, 3.63) is 30.6 Å². The lowest BCUT2D eigenvalue weighted by Crippen LogP contribution is -2.17. The molecular formula is C18H21N5O3. The van der Waals surface area contributed by atoms with Gasteiger partial charge in [0.05, 0.1) is 18.6 Å². The maximum Gasteiger partial charge on any atom is 0.318 e. The van der Waals surface area contributed by atoms with Gasteiger partial charge in [0.25, 0.3) is 0 Å². The molecule has 26 heavy (non-hydrogen) atoms. The zero-order valence-corrected chi connectivity index (χ0v) is 14.6. The number of anilines is 2. The normalized spacial score (nSPS) is 17.3. The first-order valence-electron chi connectivity index (χ1n) is 8.80. The Bertz CT molecular complexity index is 905. The van der Waals surface area contributed by atoms with Crippen LogP contribution in [0.2, 0.25) is 0 Å². The predicted octanol–water partition coefficient (Wildman–Crippen LogP) is 3.37. The van der Waals surface area contributed by atoms with Gasteiger partial charge in [0.1, 0.15) is 12.0 Å². The predicted molar refractivity (Wildman–Crippen MR) is 96.7 cm³/mol. The van der Waals surface area contributed by atoms with Gasteiger partial charge < -0.3 is 19.9 Å². The van der Waals surface area contributed by atoms with Crippen molar-refractivity contribution in [1.29, 1.82) is 0 Å². The minimum absolute atomic E-state index is 0.119. The Labute approximate surface area is 150 Å². The van der Waals surface area contributed by atoms with E-state index >= 15 is 0 Å². The first-order valence-corrected chi connectivity index (χ1v) is 8.80. The van der Waals surface area contributed by atoms with E-state index in [0.29, 0.717) is 35.9 Å². The first-order chi connectivity index (χ1) is 12.8. The van der Waals surface area contributed by atoms with Crippen LogP contribution >= 0.6 is 0 Å². The molecule has 2 N–H and O–H groups in total. The number of hydrogen-bond acceptors (Lipinski definition) is 7. The number of aromatic hydroxyl groups is 1. The van der Waals surface area contributed by atoms with Gasteiger partial charge in [-0.1, -0.05) is 12.1 Å². The molecule has 2 aromatic heterocycles. The summed E-state index contributed by atoms with van der Waals surface area (Å²) in [5.74, 6) is 1.13. The molecule has 0 bridgehead atoms. The zero-order chi connectivity index (χ0) is 17.9. The Morgan fingerprint density at radius 1 is 1.31 bits per heavy atom. The van der Waals surface area contributed by atoms with Gasteiger partial charge in [0.2, 0.25) is 0 Å². The second-order valence-corrected chi connectivity index (χ2v) is 6.07. The number of benzene rings is 1. The van der Waals surface area contributed by atoms with Crippen molar-refractivity contribution in [2.75, 3.05) is 18.5 Å². The topological polar surface area (TPSA) is 94.3 Å². The third-order valence-corrected chi connectivity index (χ3v) is 4.32. The van der Waals surface area contributed by atoms with E-state index in [1.807, 2.05) is 35.8 Å². The fourth-order valence-electron chi connectivity index (χ4n) is 3.12. The number of hydrogen-bond donors (Lipinski definition) is 2. The maximum atomic E-state index is 10.0. The van der Waals surface area contributed by atoms with Gasteiger partial charge in [-0.25, -0.2) is 4.98 Å². The molecule has 0 amide bonds. The molecule has 1 aromatic carbocycles. The summed E-state index contributed by atoms with van der Waals surface area (Å²) in [6, 6.07) is 7.25. The van der Waals surface area contributed by atoms with Crippen LogP contribution in [0.25, 0.3) is 11.2 Å². The molecule has 0 radical (unpaired) electrons. The van der Waals surface area contributed by atoms with E-state index in [9.17, 15) is 5.11 Å². The highest BCUT2D eigenvalue weighted by Gasteiger charge is 2.21. The Morgan fingerprint density at radius 2 is 2.19 bits per heavy atom. The molecule has 1 aliphatic heterocycles. The molecular weight excluding hydrogens is 334 g/mol. The number of nitrogens with one attached hydrogen (secondary N) is 1. The van der Waals surface area contributed by atoms with Gasteiger partial charge in [-0.2, -0.15) is 9.97 Å². The second kappa shape index (κ2) is 7.17. The van der Waals surface area contributed by atoms with Crippen LogP contribution in [0.3, 0.4) is 0 Å². The van der Waals surface area contributed by atoms with Crippen molar-refractivity contribution >= 4 is 22.7 Å². The Morgan fingerprint density at radius 3 is 3.00 bits per heavy atom. The van der Waals surface area contributed by atoms with E-state index in [0.717, 1.165) is 24.9 Å². The molecule has 1 aliphatic rings. The number of nitrogens with zero attached hydrogens (tertiary/aromatic N) is 4. The van der Waals surface area contributed by atoms with E-state index < -0.39 is 0 Å². The lowest BCUT2D eigenvalue weighted by molar-refractivity contribution is -0.0298. The molecule has 1 unspecified atom stereocenters. The van der Waals surface area contributed by atoms with Crippen molar-refractivity contribution in [2.24, 2.45) is 0 Å². The summed E-state index contributed by atoms with van der Waals surface area (Å²) in [6.45, 7) is 3.20. The smallest absolute Gasteiger partial charge is 0.318 e. The highest BCUT2D eigenvalue weighted by atomic mass is 16.5. The van der Waals surface area contributed by atoms with Gasteiger partial charge in [0.15, 0.2) is 17.0 Å². The van der Waals surface area contributed by atoms with Crippen LogP contribution in [0.1, 0.15) is 32.4 Å². The number of fused-ring (bicyclic) bond motifs is 1. The summed E-state index contributed by atoms with van der Waals surface area (Å²) in [5, 5.41) is 13.2. The van der Waals surface area contributed by atoms with Crippen molar-refractivity contribution in [1.82, 2.24) is 19.5 Å². The summed E-state index contributed by atoms with van der Waals surface area (Å²) in [6.07, 6.45) is 4.62. The van der Waals surface area contributed by atoms with E-state index in [2.05, 4.69) is 20.3 Å². The highest BCUT2D eigenvalue weighted by Crippen LogP contribution is 2.32. The van der Waals surface area contributed by atoms with Crippen molar-refractivity contribution in [2.45, 2.75) is 32.4 Å². The number of ether oxygens (including phenoxy) is 2. The zero-order valence-electron chi connectivity index (χ0n) is 14.6. The quantitative estimate of drug-likeness (QED) is 0.724. The minimum Gasteiger partial charge on any atom is -0.492 e. The molecule has 3 aromatic rings. The fraction of sp³-hybridized carbons (Fsp3) is 0.389. The minimum atomic E-state index is -0.313. The molecule has 0 aliphatic carbocycles. The van der Waals surface area contributed by atoms with E-state index in [-0.39, 0.29) is 12.2 Å². The molecule has 8 nitrogen and oxygen atoms in total. The molecule has 4 rings (SSSR count). The highest BCUT2D eigenvalue weighted by molar-refractivity contribution is 5.86. The summed E-state index contributed by atoms with van der Waals surface area (Å²) in [4.78, 5) is 12.7. The van der Waals surface area contributed by atoms with Crippen LogP contribution in [0.15, 0.2) is 30.6 Å². The average molecular weight is 355 g/mol. The van der Waals surface area contributed by atoms with Crippen LogP contribution in [0.5, 0.6) is 11.8 Å². The molecule has 8 heteroatoms. The molecule has 1 saturated heterocycles. The number of aromatic nitrogens is 4. The third-order valence-electron chi connectivity index (χ3n) is 4.32. The summed E-state index contributed by atoms with van der Waals surface area (Å²) >= 11 is 0. The summed E-state index contributed by atoms with van der Waals surface area (Å²) in [7, 11) is 0. The fourth-order valence-corrected chi connectivity index (χ4v) is 3.12. The number of imidazole rings is 1. The van der Waals surface area contributed by atoms with E-state index in [1.165, 1.54) is 0 Å². The lowest BCUT2D eigenvalue weighted by atomic mass is 10.2. The summed E-state index contributed by atoms with van der Waals surface area (Å²) in [5.41, 5.74) is 1.86. The van der Waals surface area contributed by atoms with Crippen molar-refractivity contribution in [3.63, 3.8) is 0 Å². The van der Waals surface area contributed by atoms with Gasteiger partial charge in [-0.3, -0.25) is 4.57 Å². The van der Waals surface area contributed by atoms with Gasteiger partial charge in [-0.15, -0.1) is 0 Å². The van der Waals surface area contributed by atoms with Gasteiger partial charge in [0, 0.05) is 6.61 Å². The van der Waals surface area contributed by atoms with Gasteiger partial charge in [-0.05, 0) is 38.3 Å². The van der Waals surface area contributed by atoms with Crippen LogP contribution in [-0.2, 0) is 4.74 Å². The lowest BCUT2D eigenvalue weighted by Gasteiger charge is -2.23. The largest absolute Gasteiger partial charge is 0.492 e. The molecule has 0 spiro atoms. The van der Waals surface area contributed by atoms with Crippen LogP contribution in [-0.4, -0.2) is 37.8 Å². The Hall–Kier alpha value is -2.87. The maximum absolute atomic E-state index is 10.0.